The number of rotatable bonds is 5. The van der Waals surface area contributed by atoms with Crippen molar-refractivity contribution < 1.29 is 14.0 Å². The first-order valence-electron chi connectivity index (χ1n) is 7.10. The highest BCUT2D eigenvalue weighted by molar-refractivity contribution is 8.00. The third-order valence-corrected chi connectivity index (χ3v) is 4.19. The molecule has 0 fully saturated rings. The van der Waals surface area contributed by atoms with Gasteiger partial charge in [0.2, 0.25) is 5.91 Å². The van der Waals surface area contributed by atoms with Crippen molar-refractivity contribution >= 4 is 23.7 Å². The minimum Gasteiger partial charge on any atom is -0.334 e. The van der Waals surface area contributed by atoms with Gasteiger partial charge in [-0.15, -0.1) is 11.8 Å². The van der Waals surface area contributed by atoms with Crippen LogP contribution in [0.4, 0.5) is 9.18 Å². The quantitative estimate of drug-likeness (QED) is 0.826. The number of imide groups is 1. The fraction of sp³-hybridized carbons (Fsp3) is 0.176. The van der Waals surface area contributed by atoms with Crippen molar-refractivity contribution in [2.45, 2.75) is 23.6 Å². The average molecular weight is 332 g/mol. The predicted molar refractivity (Wildman–Crippen MR) is 88.5 cm³/mol. The molecule has 4 nitrogen and oxygen atoms in total. The van der Waals surface area contributed by atoms with Gasteiger partial charge in [-0.3, -0.25) is 10.1 Å². The van der Waals surface area contributed by atoms with Crippen LogP contribution in [-0.4, -0.2) is 17.2 Å². The monoisotopic (exact) mass is 332 g/mol. The Bertz CT molecular complexity index is 679. The Morgan fingerprint density at radius 2 is 1.74 bits per heavy atom. The van der Waals surface area contributed by atoms with E-state index in [2.05, 4.69) is 10.6 Å². The SMILES string of the molecule is C[C@H](Sc1ccccc1F)C(=O)NC(=O)NCc1ccccc1. The van der Waals surface area contributed by atoms with Gasteiger partial charge >= 0.3 is 6.03 Å². The number of amides is 3. The molecule has 2 rings (SSSR count). The number of carbonyl (C=O) groups is 2. The van der Waals surface area contributed by atoms with Gasteiger partial charge in [-0.25, -0.2) is 9.18 Å². The van der Waals surface area contributed by atoms with Crippen LogP contribution < -0.4 is 10.6 Å². The summed E-state index contributed by atoms with van der Waals surface area (Å²) >= 11 is 1.07. The molecule has 2 N–H and O–H groups in total. The van der Waals surface area contributed by atoms with Crippen molar-refractivity contribution in [2.75, 3.05) is 0 Å². The van der Waals surface area contributed by atoms with Crippen LogP contribution in [0, 0.1) is 5.82 Å². The second kappa shape index (κ2) is 8.33. The summed E-state index contributed by atoms with van der Waals surface area (Å²) in [5.74, 6) is -0.852. The van der Waals surface area contributed by atoms with Crippen LogP contribution in [0.25, 0.3) is 0 Å². The molecule has 0 spiro atoms. The maximum Gasteiger partial charge on any atom is 0.321 e. The van der Waals surface area contributed by atoms with Gasteiger partial charge in [0.05, 0.1) is 5.25 Å². The second-order valence-electron chi connectivity index (χ2n) is 4.85. The van der Waals surface area contributed by atoms with Crippen molar-refractivity contribution in [3.8, 4) is 0 Å². The molecule has 0 aliphatic rings. The minimum absolute atomic E-state index is 0.328. The van der Waals surface area contributed by atoms with Gasteiger partial charge in [0.15, 0.2) is 0 Å². The van der Waals surface area contributed by atoms with Gasteiger partial charge in [-0.2, -0.15) is 0 Å². The molecule has 3 amide bonds. The molecule has 0 saturated carbocycles. The lowest BCUT2D eigenvalue weighted by Crippen LogP contribution is -2.42. The van der Waals surface area contributed by atoms with Gasteiger partial charge in [-0.1, -0.05) is 42.5 Å². The third-order valence-electron chi connectivity index (χ3n) is 3.04. The molecule has 0 aliphatic heterocycles. The highest BCUT2D eigenvalue weighted by Gasteiger charge is 2.18. The Morgan fingerprint density at radius 3 is 2.43 bits per heavy atom. The summed E-state index contributed by atoms with van der Waals surface area (Å²) in [6, 6.07) is 15.0. The van der Waals surface area contributed by atoms with Crippen LogP contribution in [0.1, 0.15) is 12.5 Å². The summed E-state index contributed by atoms with van der Waals surface area (Å²) < 4.78 is 13.6. The van der Waals surface area contributed by atoms with Crippen LogP contribution in [-0.2, 0) is 11.3 Å². The van der Waals surface area contributed by atoms with E-state index in [9.17, 15) is 14.0 Å². The summed E-state index contributed by atoms with van der Waals surface area (Å²) in [6.07, 6.45) is 0. The molecule has 2 aromatic carbocycles. The number of carbonyl (C=O) groups excluding carboxylic acids is 2. The minimum atomic E-state index is -0.589. The molecule has 0 bridgehead atoms. The van der Waals surface area contributed by atoms with Gasteiger partial charge in [-0.05, 0) is 24.6 Å². The highest BCUT2D eigenvalue weighted by atomic mass is 32.2. The smallest absolute Gasteiger partial charge is 0.321 e. The maximum absolute atomic E-state index is 13.6. The lowest BCUT2D eigenvalue weighted by atomic mass is 10.2. The molecule has 2 aromatic rings. The zero-order valence-electron chi connectivity index (χ0n) is 12.6. The van der Waals surface area contributed by atoms with E-state index in [0.29, 0.717) is 11.4 Å². The summed E-state index contributed by atoms with van der Waals surface area (Å²) in [5, 5.41) is 4.27. The fourth-order valence-corrected chi connectivity index (χ4v) is 2.70. The van der Waals surface area contributed by atoms with E-state index in [1.165, 1.54) is 6.07 Å². The molecule has 0 heterocycles. The van der Waals surface area contributed by atoms with Gasteiger partial charge in [0.1, 0.15) is 5.82 Å². The molecular formula is C17H17FN2O2S. The first kappa shape index (κ1) is 17.0. The maximum atomic E-state index is 13.6. The van der Waals surface area contributed by atoms with E-state index in [1.807, 2.05) is 30.3 Å². The molecule has 1 atom stereocenters. The van der Waals surface area contributed by atoms with Gasteiger partial charge < -0.3 is 5.32 Å². The number of urea groups is 1. The van der Waals surface area contributed by atoms with Crippen LogP contribution in [0.15, 0.2) is 59.5 Å². The summed E-state index contributed by atoms with van der Waals surface area (Å²) in [6.45, 7) is 1.95. The normalized spacial score (nSPS) is 11.6. The number of thioether (sulfide) groups is 1. The average Bonchev–Trinajstić information content (AvgIpc) is 2.56. The molecule has 0 saturated heterocycles. The molecule has 0 aliphatic carbocycles. The van der Waals surface area contributed by atoms with E-state index >= 15 is 0 Å². The zero-order chi connectivity index (χ0) is 16.7. The summed E-state index contributed by atoms with van der Waals surface area (Å²) in [7, 11) is 0. The van der Waals surface area contributed by atoms with Crippen LogP contribution in [0.3, 0.4) is 0 Å². The van der Waals surface area contributed by atoms with Gasteiger partial charge in [0.25, 0.3) is 0 Å². The Morgan fingerprint density at radius 1 is 1.09 bits per heavy atom. The Kier molecular flexibility index (Phi) is 6.17. The molecule has 23 heavy (non-hydrogen) atoms. The van der Waals surface area contributed by atoms with Crippen molar-refractivity contribution in [2.24, 2.45) is 0 Å². The summed E-state index contributed by atoms with van der Waals surface area (Å²) in [4.78, 5) is 24.1. The molecular weight excluding hydrogens is 315 g/mol. The first-order valence-corrected chi connectivity index (χ1v) is 7.98. The summed E-state index contributed by atoms with van der Waals surface area (Å²) in [5.41, 5.74) is 0.934. The van der Waals surface area contributed by atoms with Crippen molar-refractivity contribution in [3.63, 3.8) is 0 Å². The lowest BCUT2D eigenvalue weighted by Gasteiger charge is -2.12. The van der Waals surface area contributed by atoms with Crippen LogP contribution in [0.5, 0.6) is 0 Å². The van der Waals surface area contributed by atoms with E-state index < -0.39 is 17.2 Å². The Labute approximate surface area is 138 Å². The van der Waals surface area contributed by atoms with Crippen LogP contribution >= 0.6 is 11.8 Å². The van der Waals surface area contributed by atoms with Gasteiger partial charge in [0, 0.05) is 11.4 Å². The van der Waals surface area contributed by atoms with E-state index in [1.54, 1.807) is 25.1 Å². The van der Waals surface area contributed by atoms with Crippen molar-refractivity contribution in [3.05, 3.63) is 66.0 Å². The molecule has 6 heteroatoms. The number of benzene rings is 2. The zero-order valence-corrected chi connectivity index (χ0v) is 13.4. The van der Waals surface area contributed by atoms with Crippen molar-refractivity contribution in [1.29, 1.82) is 0 Å². The molecule has 120 valence electrons. The number of halogens is 1. The number of hydrogen-bond donors (Lipinski definition) is 2. The third kappa shape index (κ3) is 5.41. The first-order chi connectivity index (χ1) is 11.1. The number of hydrogen-bond acceptors (Lipinski definition) is 3. The molecule has 0 aromatic heterocycles. The predicted octanol–water partition coefficient (Wildman–Crippen LogP) is 3.33. The fourth-order valence-electron chi connectivity index (χ4n) is 1.82. The van der Waals surface area contributed by atoms with E-state index in [4.69, 9.17) is 0 Å². The highest BCUT2D eigenvalue weighted by Crippen LogP contribution is 2.25. The largest absolute Gasteiger partial charge is 0.334 e. The van der Waals surface area contributed by atoms with Crippen LogP contribution in [0.2, 0.25) is 0 Å². The topological polar surface area (TPSA) is 58.2 Å². The Balaban J connectivity index is 1.81. The second-order valence-corrected chi connectivity index (χ2v) is 6.23. The van der Waals surface area contributed by atoms with Crippen molar-refractivity contribution in [1.82, 2.24) is 10.6 Å². The standard InChI is InChI=1S/C17H17FN2O2S/c1-12(23-15-10-6-5-9-14(15)18)16(21)20-17(22)19-11-13-7-3-2-4-8-13/h2-10,12H,11H2,1H3,(H2,19,20,21,22)/t12-/m0/s1. The lowest BCUT2D eigenvalue weighted by molar-refractivity contribution is -0.119. The van der Waals surface area contributed by atoms with E-state index in [0.717, 1.165) is 17.3 Å². The molecule has 0 radical (unpaired) electrons. The Hall–Kier alpha value is -2.34. The van der Waals surface area contributed by atoms with E-state index in [-0.39, 0.29) is 5.82 Å². The number of nitrogens with one attached hydrogen (secondary N) is 2. The molecule has 0 unspecified atom stereocenters.